The predicted octanol–water partition coefficient (Wildman–Crippen LogP) is 3.59. The highest BCUT2D eigenvalue weighted by Gasteiger charge is 2.19. The van der Waals surface area contributed by atoms with Crippen LogP contribution in [-0.4, -0.2) is 25.7 Å². The molecule has 0 bridgehead atoms. The first-order valence-electron chi connectivity index (χ1n) is 8.17. The van der Waals surface area contributed by atoms with Gasteiger partial charge in [0.2, 0.25) is 0 Å². The minimum atomic E-state index is -0.798. The van der Waals surface area contributed by atoms with E-state index < -0.39 is 5.97 Å². The third-order valence-corrected chi connectivity index (χ3v) is 4.38. The third kappa shape index (κ3) is 2.77. The molecular weight excluding hydrogens is 302 g/mol. The van der Waals surface area contributed by atoms with Gasteiger partial charge in [-0.2, -0.15) is 5.10 Å². The molecule has 0 fully saturated rings. The maximum absolute atomic E-state index is 10.9. The summed E-state index contributed by atoms with van der Waals surface area (Å²) in [6.07, 6.45) is 1.39. The molecule has 0 atom stereocenters. The molecule has 0 saturated carbocycles. The maximum atomic E-state index is 10.9. The number of aromatic nitrogens is 3. The van der Waals surface area contributed by atoms with Crippen molar-refractivity contribution in [3.8, 4) is 11.1 Å². The van der Waals surface area contributed by atoms with Crippen molar-refractivity contribution in [1.82, 2.24) is 14.6 Å². The van der Waals surface area contributed by atoms with Gasteiger partial charge in [0.1, 0.15) is 0 Å². The van der Waals surface area contributed by atoms with E-state index in [2.05, 4.69) is 19.1 Å². The van der Waals surface area contributed by atoms with Crippen molar-refractivity contribution < 1.29 is 9.90 Å². The van der Waals surface area contributed by atoms with Crippen LogP contribution < -0.4 is 0 Å². The van der Waals surface area contributed by atoms with Gasteiger partial charge in [-0.15, -0.1) is 0 Å². The Morgan fingerprint density at radius 2 is 1.92 bits per heavy atom. The highest BCUT2D eigenvalue weighted by atomic mass is 16.4. The van der Waals surface area contributed by atoms with Crippen molar-refractivity contribution >= 4 is 11.6 Å². The monoisotopic (exact) mass is 323 g/mol. The quantitative estimate of drug-likeness (QED) is 0.779. The lowest BCUT2D eigenvalue weighted by Crippen LogP contribution is -2.08. The minimum Gasteiger partial charge on any atom is -0.481 e. The summed E-state index contributed by atoms with van der Waals surface area (Å²) in [5.74, 6) is -0.798. The molecular formula is C19H21N3O2. The van der Waals surface area contributed by atoms with Crippen molar-refractivity contribution in [2.75, 3.05) is 0 Å². The summed E-state index contributed by atoms with van der Waals surface area (Å²) in [5, 5.41) is 13.7. The van der Waals surface area contributed by atoms with Gasteiger partial charge in [0, 0.05) is 23.4 Å². The van der Waals surface area contributed by atoms with E-state index in [1.165, 1.54) is 0 Å². The Hall–Kier alpha value is -2.69. The van der Waals surface area contributed by atoms with Crippen molar-refractivity contribution in [2.45, 2.75) is 40.0 Å². The number of nitrogens with zero attached hydrogens (tertiary/aromatic N) is 3. The van der Waals surface area contributed by atoms with Crippen LogP contribution in [0.15, 0.2) is 30.3 Å². The van der Waals surface area contributed by atoms with Gasteiger partial charge >= 0.3 is 5.97 Å². The number of carbonyl (C=O) groups is 1. The molecule has 0 unspecified atom stereocenters. The number of rotatable bonds is 5. The second-order valence-corrected chi connectivity index (χ2v) is 5.93. The van der Waals surface area contributed by atoms with Gasteiger partial charge in [-0.25, -0.2) is 9.50 Å². The molecule has 3 aromatic rings. The first-order chi connectivity index (χ1) is 11.5. The van der Waals surface area contributed by atoms with Gasteiger partial charge < -0.3 is 5.11 Å². The summed E-state index contributed by atoms with van der Waals surface area (Å²) in [7, 11) is 0. The molecule has 0 aliphatic carbocycles. The van der Waals surface area contributed by atoms with Crippen LogP contribution in [0.5, 0.6) is 0 Å². The van der Waals surface area contributed by atoms with Gasteiger partial charge in [-0.05, 0) is 37.8 Å². The average Bonchev–Trinajstić information content (AvgIpc) is 2.93. The van der Waals surface area contributed by atoms with E-state index in [-0.39, 0.29) is 6.42 Å². The lowest BCUT2D eigenvalue weighted by Gasteiger charge is -2.10. The van der Waals surface area contributed by atoms with E-state index >= 15 is 0 Å². The summed E-state index contributed by atoms with van der Waals surface area (Å²) >= 11 is 0. The largest absolute Gasteiger partial charge is 0.481 e. The fourth-order valence-corrected chi connectivity index (χ4v) is 3.15. The lowest BCUT2D eigenvalue weighted by atomic mass is 10.0. The fraction of sp³-hybridized carbons (Fsp3) is 0.316. The maximum Gasteiger partial charge on any atom is 0.303 e. The molecule has 0 spiro atoms. The number of carboxylic acid groups (broad SMARTS) is 1. The summed E-state index contributed by atoms with van der Waals surface area (Å²) < 4.78 is 1.87. The van der Waals surface area contributed by atoms with E-state index in [1.807, 2.05) is 36.6 Å². The van der Waals surface area contributed by atoms with Gasteiger partial charge in [0.15, 0.2) is 5.65 Å². The van der Waals surface area contributed by atoms with Crippen LogP contribution in [-0.2, 0) is 17.6 Å². The molecule has 0 radical (unpaired) electrons. The second kappa shape index (κ2) is 6.43. The summed E-state index contributed by atoms with van der Waals surface area (Å²) in [4.78, 5) is 15.7. The number of carboxylic acids is 1. The zero-order chi connectivity index (χ0) is 17.3. The average molecular weight is 323 g/mol. The van der Waals surface area contributed by atoms with Gasteiger partial charge in [0.05, 0.1) is 5.69 Å². The molecule has 0 aliphatic heterocycles. The van der Waals surface area contributed by atoms with E-state index in [1.54, 1.807) is 0 Å². The molecule has 1 aromatic carbocycles. The predicted molar refractivity (Wildman–Crippen MR) is 93.2 cm³/mol. The van der Waals surface area contributed by atoms with Crippen LogP contribution in [0.4, 0.5) is 0 Å². The molecule has 1 N–H and O–H groups in total. The first kappa shape index (κ1) is 16.2. The number of aryl methyl sites for hydroxylation is 3. The Morgan fingerprint density at radius 1 is 1.21 bits per heavy atom. The summed E-state index contributed by atoms with van der Waals surface area (Å²) in [5.41, 5.74) is 6.83. The van der Waals surface area contributed by atoms with Crippen LogP contribution in [0.25, 0.3) is 16.8 Å². The first-order valence-corrected chi connectivity index (χ1v) is 8.17. The Bertz CT molecular complexity index is 898. The topological polar surface area (TPSA) is 67.5 Å². The van der Waals surface area contributed by atoms with E-state index in [0.717, 1.165) is 45.8 Å². The van der Waals surface area contributed by atoms with Gasteiger partial charge in [-0.3, -0.25) is 4.79 Å². The molecule has 2 heterocycles. The summed E-state index contributed by atoms with van der Waals surface area (Å²) in [6.45, 7) is 6.01. The Balaban J connectivity index is 2.23. The molecule has 124 valence electrons. The Morgan fingerprint density at radius 3 is 2.54 bits per heavy atom. The smallest absolute Gasteiger partial charge is 0.303 e. The van der Waals surface area contributed by atoms with Crippen molar-refractivity contribution in [3.05, 3.63) is 53.0 Å². The van der Waals surface area contributed by atoms with Crippen LogP contribution in [0, 0.1) is 13.8 Å². The van der Waals surface area contributed by atoms with Crippen LogP contribution in [0.2, 0.25) is 0 Å². The van der Waals surface area contributed by atoms with E-state index in [4.69, 9.17) is 15.2 Å². The van der Waals surface area contributed by atoms with Gasteiger partial charge in [0.25, 0.3) is 0 Å². The lowest BCUT2D eigenvalue weighted by molar-refractivity contribution is -0.136. The highest BCUT2D eigenvalue weighted by Crippen LogP contribution is 2.30. The molecule has 3 rings (SSSR count). The third-order valence-electron chi connectivity index (χ3n) is 4.38. The van der Waals surface area contributed by atoms with Crippen LogP contribution in [0.1, 0.15) is 36.0 Å². The van der Waals surface area contributed by atoms with E-state index in [0.29, 0.717) is 6.42 Å². The number of hydrogen-bond acceptors (Lipinski definition) is 3. The molecule has 0 saturated heterocycles. The van der Waals surface area contributed by atoms with Crippen LogP contribution >= 0.6 is 0 Å². The number of benzene rings is 1. The number of hydrogen-bond donors (Lipinski definition) is 1. The van der Waals surface area contributed by atoms with E-state index in [9.17, 15) is 4.79 Å². The SMILES string of the molecule is CCc1nn2c(C)c(CCC(=O)O)c(C)nc2c1-c1ccccc1. The minimum absolute atomic E-state index is 0.0995. The summed E-state index contributed by atoms with van der Waals surface area (Å²) in [6, 6.07) is 10.2. The van der Waals surface area contributed by atoms with Gasteiger partial charge in [-0.1, -0.05) is 37.3 Å². The number of aliphatic carboxylic acids is 1. The van der Waals surface area contributed by atoms with Crippen LogP contribution in [0.3, 0.4) is 0 Å². The van der Waals surface area contributed by atoms with Crippen molar-refractivity contribution in [1.29, 1.82) is 0 Å². The normalized spacial score (nSPS) is 11.1. The molecule has 2 aromatic heterocycles. The second-order valence-electron chi connectivity index (χ2n) is 5.93. The molecule has 24 heavy (non-hydrogen) atoms. The Labute approximate surface area is 141 Å². The highest BCUT2D eigenvalue weighted by molar-refractivity contribution is 5.80. The standard InChI is InChI=1S/C19H21N3O2/c1-4-16-18(14-8-6-5-7-9-14)19-20-12(2)15(10-11-17(23)24)13(3)22(19)21-16/h5-9H,4,10-11H2,1-3H3,(H,23,24). The zero-order valence-electron chi connectivity index (χ0n) is 14.2. The molecule has 0 aliphatic rings. The molecule has 0 amide bonds. The van der Waals surface area contributed by atoms with Crippen molar-refractivity contribution in [2.24, 2.45) is 0 Å². The zero-order valence-corrected chi connectivity index (χ0v) is 14.2. The Kier molecular flexibility index (Phi) is 4.34. The molecule has 5 nitrogen and oxygen atoms in total. The molecule has 5 heteroatoms. The fourth-order valence-electron chi connectivity index (χ4n) is 3.15. The number of fused-ring (bicyclic) bond motifs is 1. The van der Waals surface area contributed by atoms with Crippen molar-refractivity contribution in [3.63, 3.8) is 0 Å².